The molecule has 0 bridgehead atoms. The average molecular weight is 337 g/mol. The number of hydrogen-bond acceptors (Lipinski definition) is 3. The van der Waals surface area contributed by atoms with Crippen LogP contribution < -0.4 is 10.2 Å². The lowest BCUT2D eigenvalue weighted by molar-refractivity contribution is 0.156. The first kappa shape index (κ1) is 16.3. The molecule has 1 aromatic carbocycles. The van der Waals surface area contributed by atoms with Crippen molar-refractivity contribution in [2.24, 2.45) is 0 Å². The van der Waals surface area contributed by atoms with E-state index in [1.807, 2.05) is 18.2 Å². The summed E-state index contributed by atoms with van der Waals surface area (Å²) in [6, 6.07) is 5.70. The molecule has 0 aliphatic carbocycles. The van der Waals surface area contributed by atoms with Gasteiger partial charge in [0, 0.05) is 37.4 Å². The van der Waals surface area contributed by atoms with Crippen molar-refractivity contribution in [2.45, 2.75) is 13.0 Å². The summed E-state index contributed by atoms with van der Waals surface area (Å²) in [5.41, 5.74) is 1.79. The Morgan fingerprint density at radius 1 is 1.42 bits per heavy atom. The van der Waals surface area contributed by atoms with Gasteiger partial charge >= 0.3 is 0 Å². The van der Waals surface area contributed by atoms with Gasteiger partial charge in [0.1, 0.15) is 0 Å². The predicted octanol–water partition coefficient (Wildman–Crippen LogP) is 2.89. The van der Waals surface area contributed by atoms with E-state index >= 15 is 0 Å². The Morgan fingerprint density at radius 2 is 2.16 bits per heavy atom. The van der Waals surface area contributed by atoms with Crippen LogP contribution in [-0.2, 0) is 11.3 Å². The third-order valence-electron chi connectivity index (χ3n) is 2.67. The highest BCUT2D eigenvalue weighted by molar-refractivity contribution is 9.10. The quantitative estimate of drug-likeness (QED) is 0.739. The van der Waals surface area contributed by atoms with Crippen LogP contribution in [0.15, 0.2) is 22.7 Å². The first-order chi connectivity index (χ1) is 9.04. The Morgan fingerprint density at radius 3 is 2.79 bits per heavy atom. The van der Waals surface area contributed by atoms with E-state index in [1.165, 1.54) is 0 Å². The van der Waals surface area contributed by atoms with Crippen molar-refractivity contribution in [2.75, 3.05) is 38.8 Å². The van der Waals surface area contributed by atoms with Crippen LogP contribution in [0.25, 0.3) is 0 Å². The highest BCUT2D eigenvalue weighted by atomic mass is 79.9. The number of ether oxygens (including phenoxy) is 1. The fourth-order valence-electron chi connectivity index (χ4n) is 1.74. The molecule has 0 aliphatic heterocycles. The number of methoxy groups -OCH3 is 1. The standard InChI is InChI=1S/C13H19BrF2N2O/c1-18(9-13(15)16)12-7-11(14)4-3-10(12)8-17-5-6-19-2/h3-4,7,13,17H,5-6,8-9H2,1-2H3. The Labute approximate surface area is 121 Å². The maximum atomic E-state index is 12.5. The number of hydrogen-bond donors (Lipinski definition) is 1. The summed E-state index contributed by atoms with van der Waals surface area (Å²) < 4.78 is 30.8. The lowest BCUT2D eigenvalue weighted by Crippen LogP contribution is -2.26. The number of halogens is 3. The molecule has 0 atom stereocenters. The summed E-state index contributed by atoms with van der Waals surface area (Å²) in [6.07, 6.45) is -2.35. The molecule has 0 spiro atoms. The van der Waals surface area contributed by atoms with Crippen LogP contribution in [0.3, 0.4) is 0 Å². The average Bonchev–Trinajstić information content (AvgIpc) is 2.35. The van der Waals surface area contributed by atoms with Crippen molar-refractivity contribution in [1.82, 2.24) is 5.32 Å². The van der Waals surface area contributed by atoms with Crippen LogP contribution in [-0.4, -0.2) is 40.3 Å². The second-order valence-corrected chi connectivity index (χ2v) is 5.13. The van der Waals surface area contributed by atoms with Crippen molar-refractivity contribution in [3.8, 4) is 0 Å². The highest BCUT2D eigenvalue weighted by Gasteiger charge is 2.12. The monoisotopic (exact) mass is 336 g/mol. The maximum Gasteiger partial charge on any atom is 0.255 e. The zero-order valence-electron chi connectivity index (χ0n) is 11.1. The maximum absolute atomic E-state index is 12.5. The Kier molecular flexibility index (Phi) is 7.27. The third kappa shape index (κ3) is 5.84. The normalized spacial score (nSPS) is 11.1. The summed E-state index contributed by atoms with van der Waals surface area (Å²) in [5.74, 6) is 0. The van der Waals surface area contributed by atoms with Crippen LogP contribution >= 0.6 is 15.9 Å². The summed E-state index contributed by atoms with van der Waals surface area (Å²) in [5, 5.41) is 3.22. The molecule has 6 heteroatoms. The Bertz CT molecular complexity index is 391. The van der Waals surface area contributed by atoms with Crippen molar-refractivity contribution in [3.63, 3.8) is 0 Å². The fraction of sp³-hybridized carbons (Fsp3) is 0.538. The van der Waals surface area contributed by atoms with Gasteiger partial charge in [0.05, 0.1) is 13.2 Å². The van der Waals surface area contributed by atoms with E-state index in [2.05, 4.69) is 21.2 Å². The van der Waals surface area contributed by atoms with E-state index in [0.29, 0.717) is 13.2 Å². The van der Waals surface area contributed by atoms with Gasteiger partial charge in [-0.3, -0.25) is 0 Å². The lowest BCUT2D eigenvalue weighted by Gasteiger charge is -2.22. The van der Waals surface area contributed by atoms with Crippen molar-refractivity contribution in [1.29, 1.82) is 0 Å². The Hall–Kier alpha value is -0.720. The second kappa shape index (κ2) is 8.45. The van der Waals surface area contributed by atoms with E-state index in [9.17, 15) is 8.78 Å². The molecule has 0 aliphatic rings. The molecule has 1 N–H and O–H groups in total. The molecule has 0 fully saturated rings. The van der Waals surface area contributed by atoms with Gasteiger partial charge in [-0.1, -0.05) is 22.0 Å². The molecule has 0 saturated heterocycles. The van der Waals surface area contributed by atoms with Gasteiger partial charge in [0.2, 0.25) is 0 Å². The molecular formula is C13H19BrF2N2O. The lowest BCUT2D eigenvalue weighted by atomic mass is 10.1. The minimum Gasteiger partial charge on any atom is -0.383 e. The smallest absolute Gasteiger partial charge is 0.255 e. The molecule has 0 amide bonds. The van der Waals surface area contributed by atoms with Gasteiger partial charge in [0.25, 0.3) is 6.43 Å². The molecule has 0 radical (unpaired) electrons. The Balaban J connectivity index is 2.73. The van der Waals surface area contributed by atoms with Crippen LogP contribution in [0, 0.1) is 0 Å². The zero-order valence-corrected chi connectivity index (χ0v) is 12.7. The first-order valence-electron chi connectivity index (χ1n) is 6.02. The van der Waals surface area contributed by atoms with Crippen LogP contribution in [0.4, 0.5) is 14.5 Å². The number of nitrogens with one attached hydrogen (secondary N) is 1. The molecule has 0 heterocycles. The minimum atomic E-state index is -2.35. The van der Waals surface area contributed by atoms with Crippen molar-refractivity contribution < 1.29 is 13.5 Å². The van der Waals surface area contributed by atoms with E-state index < -0.39 is 6.43 Å². The van der Waals surface area contributed by atoms with E-state index in [-0.39, 0.29) is 6.54 Å². The van der Waals surface area contributed by atoms with Crippen molar-refractivity contribution >= 4 is 21.6 Å². The largest absolute Gasteiger partial charge is 0.383 e. The minimum absolute atomic E-state index is 0.276. The zero-order chi connectivity index (χ0) is 14.3. The van der Waals surface area contributed by atoms with Gasteiger partial charge in [0.15, 0.2) is 0 Å². The molecular weight excluding hydrogens is 318 g/mol. The van der Waals surface area contributed by atoms with E-state index in [0.717, 1.165) is 22.3 Å². The van der Waals surface area contributed by atoms with Crippen LogP contribution in [0.1, 0.15) is 5.56 Å². The fourth-order valence-corrected chi connectivity index (χ4v) is 2.09. The molecule has 108 valence electrons. The number of rotatable bonds is 8. The van der Waals surface area contributed by atoms with Gasteiger partial charge in [-0.2, -0.15) is 0 Å². The molecule has 0 saturated carbocycles. The predicted molar refractivity (Wildman–Crippen MR) is 77.0 cm³/mol. The summed E-state index contributed by atoms with van der Waals surface area (Å²) in [4.78, 5) is 1.57. The summed E-state index contributed by atoms with van der Waals surface area (Å²) in [6.45, 7) is 1.70. The number of anilines is 1. The van der Waals surface area contributed by atoms with E-state index in [1.54, 1.807) is 19.1 Å². The van der Waals surface area contributed by atoms with Gasteiger partial charge in [-0.25, -0.2) is 8.78 Å². The van der Waals surface area contributed by atoms with Gasteiger partial charge in [-0.05, 0) is 17.7 Å². The van der Waals surface area contributed by atoms with E-state index in [4.69, 9.17) is 4.74 Å². The SMILES string of the molecule is COCCNCc1ccc(Br)cc1N(C)CC(F)F. The number of benzene rings is 1. The topological polar surface area (TPSA) is 24.5 Å². The molecule has 0 aromatic heterocycles. The van der Waals surface area contributed by atoms with Gasteiger partial charge < -0.3 is 15.0 Å². The molecule has 3 nitrogen and oxygen atoms in total. The molecule has 19 heavy (non-hydrogen) atoms. The summed E-state index contributed by atoms with van der Waals surface area (Å²) >= 11 is 3.37. The van der Waals surface area contributed by atoms with Crippen LogP contribution in [0.5, 0.6) is 0 Å². The summed E-state index contributed by atoms with van der Waals surface area (Å²) in [7, 11) is 3.32. The van der Waals surface area contributed by atoms with Crippen LogP contribution in [0.2, 0.25) is 0 Å². The molecule has 1 aromatic rings. The number of nitrogens with zero attached hydrogens (tertiary/aromatic N) is 1. The highest BCUT2D eigenvalue weighted by Crippen LogP contribution is 2.25. The van der Waals surface area contributed by atoms with Crippen molar-refractivity contribution in [3.05, 3.63) is 28.2 Å². The third-order valence-corrected chi connectivity index (χ3v) is 3.16. The van der Waals surface area contributed by atoms with Gasteiger partial charge in [-0.15, -0.1) is 0 Å². The molecule has 0 unspecified atom stereocenters. The number of alkyl halides is 2. The molecule has 1 rings (SSSR count). The second-order valence-electron chi connectivity index (χ2n) is 4.21. The first-order valence-corrected chi connectivity index (χ1v) is 6.81.